The monoisotopic (exact) mass is 495 g/mol. The van der Waals surface area contributed by atoms with Crippen LogP contribution in [0.2, 0.25) is 0 Å². The summed E-state index contributed by atoms with van der Waals surface area (Å²) >= 11 is 0. The van der Waals surface area contributed by atoms with E-state index in [0.717, 1.165) is 16.7 Å². The zero-order valence-corrected chi connectivity index (χ0v) is 20.5. The molecule has 0 spiro atoms. The van der Waals surface area contributed by atoms with Crippen LogP contribution < -0.4 is 5.73 Å². The largest absolute Gasteiger partial charge is 0.481 e. The Morgan fingerprint density at radius 1 is 1.03 bits per heavy atom. The summed E-state index contributed by atoms with van der Waals surface area (Å²) in [5.74, 6) is -1.50. The average Bonchev–Trinajstić information content (AvgIpc) is 3.76. The number of carboxylic acid groups (broad SMARTS) is 1. The Hall–Kier alpha value is -3.31. The lowest BCUT2D eigenvalue weighted by Crippen LogP contribution is -2.54. The molecule has 0 radical (unpaired) electrons. The van der Waals surface area contributed by atoms with Crippen LogP contribution in [0.3, 0.4) is 0 Å². The van der Waals surface area contributed by atoms with E-state index in [2.05, 4.69) is 6.07 Å². The molecule has 0 heterocycles. The molecule has 0 saturated heterocycles. The van der Waals surface area contributed by atoms with Gasteiger partial charge in [-0.05, 0) is 60.3 Å². The summed E-state index contributed by atoms with van der Waals surface area (Å²) in [6, 6.07) is 13.7. The molecule has 0 bridgehead atoms. The van der Waals surface area contributed by atoms with Crippen molar-refractivity contribution in [3.05, 3.63) is 59.7 Å². The van der Waals surface area contributed by atoms with Gasteiger partial charge in [-0.1, -0.05) is 62.4 Å². The number of carboxylic acids is 1. The van der Waals surface area contributed by atoms with Crippen LogP contribution in [0, 0.1) is 17.2 Å². The maximum Gasteiger partial charge on any atom is 0.314 e. The predicted molar refractivity (Wildman–Crippen MR) is 131 cm³/mol. The highest BCUT2D eigenvalue weighted by atomic mass is 19.3. The molecule has 0 aliphatic heterocycles. The Kier molecular flexibility index (Phi) is 6.89. The normalized spacial score (nSPS) is 19.1. The van der Waals surface area contributed by atoms with Crippen molar-refractivity contribution in [1.82, 2.24) is 4.90 Å². The van der Waals surface area contributed by atoms with Gasteiger partial charge in [0.15, 0.2) is 0 Å². The summed E-state index contributed by atoms with van der Waals surface area (Å²) in [6.07, 6.45) is -0.483. The third-order valence-electron chi connectivity index (χ3n) is 7.51. The van der Waals surface area contributed by atoms with Crippen molar-refractivity contribution in [1.29, 1.82) is 5.26 Å². The summed E-state index contributed by atoms with van der Waals surface area (Å²) in [6.45, 7) is 3.78. The number of halogens is 2. The summed E-state index contributed by atoms with van der Waals surface area (Å²) in [5.41, 5.74) is 6.45. The van der Waals surface area contributed by atoms with E-state index in [9.17, 15) is 28.7 Å². The summed E-state index contributed by atoms with van der Waals surface area (Å²) in [7, 11) is 0. The number of aliphatic carboxylic acids is 1. The maximum atomic E-state index is 14.6. The van der Waals surface area contributed by atoms with Gasteiger partial charge in [0.1, 0.15) is 5.54 Å². The molecule has 2 aromatic rings. The standard InChI is InChI=1S/C28H31F2N3O3/c1-17(2)15-22(25(32)34)33(27(16-31)11-12-27)23(24(29)30)20-5-3-18(4-6-20)19-7-9-21(10-8-19)28(13-14-28)26(35)36/h3-10,17,22-24H,11-15H2,1-2H3,(H2,32,34)(H,35,36)/t22-,23-/m0/s1. The highest BCUT2D eigenvalue weighted by molar-refractivity contribution is 5.85. The number of hydrogen-bond donors (Lipinski definition) is 2. The van der Waals surface area contributed by atoms with Crippen molar-refractivity contribution >= 4 is 11.9 Å². The molecule has 4 rings (SSSR count). The number of benzene rings is 2. The lowest BCUT2D eigenvalue weighted by Gasteiger charge is -2.40. The second-order valence-electron chi connectivity index (χ2n) is 10.5. The minimum Gasteiger partial charge on any atom is -0.481 e. The Morgan fingerprint density at radius 2 is 1.56 bits per heavy atom. The lowest BCUT2D eigenvalue weighted by molar-refractivity contribution is -0.140. The number of hydrogen-bond acceptors (Lipinski definition) is 4. The fourth-order valence-corrected chi connectivity index (χ4v) is 5.15. The van der Waals surface area contributed by atoms with Crippen molar-refractivity contribution in [2.45, 2.75) is 75.4 Å². The van der Waals surface area contributed by atoms with E-state index in [4.69, 9.17) is 5.73 Å². The van der Waals surface area contributed by atoms with Crippen LogP contribution in [0.5, 0.6) is 0 Å². The predicted octanol–water partition coefficient (Wildman–Crippen LogP) is 5.03. The second kappa shape index (κ2) is 9.62. The van der Waals surface area contributed by atoms with Gasteiger partial charge >= 0.3 is 5.97 Å². The van der Waals surface area contributed by atoms with Gasteiger partial charge in [-0.3, -0.25) is 14.5 Å². The molecule has 0 unspecified atom stereocenters. The number of carbonyl (C=O) groups excluding carboxylic acids is 1. The fraction of sp³-hybridized carbons (Fsp3) is 0.464. The zero-order valence-electron chi connectivity index (χ0n) is 20.5. The van der Waals surface area contributed by atoms with Crippen LogP contribution in [0.15, 0.2) is 48.5 Å². The highest BCUT2D eigenvalue weighted by Crippen LogP contribution is 2.50. The van der Waals surface area contributed by atoms with E-state index in [1.807, 2.05) is 26.0 Å². The Morgan fingerprint density at radius 3 is 1.92 bits per heavy atom. The van der Waals surface area contributed by atoms with E-state index in [1.54, 1.807) is 36.4 Å². The number of rotatable bonds is 11. The van der Waals surface area contributed by atoms with Gasteiger partial charge in [0.25, 0.3) is 6.43 Å². The van der Waals surface area contributed by atoms with Crippen molar-refractivity contribution in [3.8, 4) is 17.2 Å². The second-order valence-corrected chi connectivity index (χ2v) is 10.5. The van der Waals surface area contributed by atoms with Gasteiger partial charge in [0, 0.05) is 0 Å². The maximum absolute atomic E-state index is 14.6. The number of nitrogens with zero attached hydrogens (tertiary/aromatic N) is 2. The Balaban J connectivity index is 1.65. The number of amides is 1. The van der Waals surface area contributed by atoms with E-state index in [-0.39, 0.29) is 12.3 Å². The van der Waals surface area contributed by atoms with E-state index in [0.29, 0.717) is 31.2 Å². The summed E-state index contributed by atoms with van der Waals surface area (Å²) < 4.78 is 29.2. The Bertz CT molecular complexity index is 1160. The average molecular weight is 496 g/mol. The number of nitriles is 1. The molecule has 36 heavy (non-hydrogen) atoms. The Labute approximate surface area is 209 Å². The number of primary amides is 1. The first-order chi connectivity index (χ1) is 17.0. The molecule has 2 fully saturated rings. The molecule has 0 aromatic heterocycles. The molecule has 2 aliphatic rings. The zero-order chi connectivity index (χ0) is 26.3. The van der Waals surface area contributed by atoms with Crippen molar-refractivity contribution in [2.75, 3.05) is 0 Å². The molecule has 2 aliphatic carbocycles. The molecule has 190 valence electrons. The van der Waals surface area contributed by atoms with Gasteiger partial charge in [0.05, 0.1) is 23.6 Å². The number of nitrogens with two attached hydrogens (primary N) is 1. The molecule has 1 amide bonds. The van der Waals surface area contributed by atoms with Gasteiger partial charge in [0.2, 0.25) is 5.91 Å². The molecule has 3 N–H and O–H groups in total. The van der Waals surface area contributed by atoms with Crippen LogP contribution in [-0.4, -0.2) is 39.9 Å². The van der Waals surface area contributed by atoms with Crippen molar-refractivity contribution in [3.63, 3.8) is 0 Å². The summed E-state index contributed by atoms with van der Waals surface area (Å²) in [5, 5.41) is 19.4. The van der Waals surface area contributed by atoms with E-state index >= 15 is 0 Å². The van der Waals surface area contributed by atoms with Crippen LogP contribution >= 0.6 is 0 Å². The molecule has 2 atom stereocenters. The topological polar surface area (TPSA) is 107 Å². The van der Waals surface area contributed by atoms with Crippen LogP contribution in [0.4, 0.5) is 8.78 Å². The van der Waals surface area contributed by atoms with Crippen molar-refractivity contribution in [2.24, 2.45) is 11.7 Å². The van der Waals surface area contributed by atoms with Gasteiger partial charge in [-0.15, -0.1) is 0 Å². The van der Waals surface area contributed by atoms with Crippen molar-refractivity contribution < 1.29 is 23.5 Å². The van der Waals surface area contributed by atoms with Gasteiger partial charge in [-0.2, -0.15) is 5.26 Å². The molecule has 6 nitrogen and oxygen atoms in total. The van der Waals surface area contributed by atoms with E-state index < -0.39 is 41.3 Å². The minimum absolute atomic E-state index is 0.0269. The molecule has 8 heteroatoms. The first-order valence-electron chi connectivity index (χ1n) is 12.3. The van der Waals surface area contributed by atoms with Crippen LogP contribution in [0.1, 0.15) is 63.1 Å². The quantitative estimate of drug-likeness (QED) is 0.454. The molecular weight excluding hydrogens is 464 g/mol. The van der Waals surface area contributed by atoms with Gasteiger partial charge in [-0.25, -0.2) is 8.78 Å². The SMILES string of the molecule is CC(C)C[C@@H](C(N)=O)N([C@@H](c1ccc(-c2ccc(C3(C(=O)O)CC3)cc2)cc1)C(F)F)C1(C#N)CC1. The number of alkyl halides is 2. The first kappa shape index (κ1) is 25.8. The molecule has 2 saturated carbocycles. The molecular formula is C28H31F2N3O3. The number of carbonyl (C=O) groups is 2. The third kappa shape index (κ3) is 4.72. The third-order valence-corrected chi connectivity index (χ3v) is 7.51. The smallest absolute Gasteiger partial charge is 0.314 e. The lowest BCUT2D eigenvalue weighted by atomic mass is 9.92. The summed E-state index contributed by atoms with van der Waals surface area (Å²) in [4.78, 5) is 25.3. The highest BCUT2D eigenvalue weighted by Gasteiger charge is 2.56. The molecule has 2 aromatic carbocycles. The van der Waals surface area contributed by atoms with Crippen LogP contribution in [0.25, 0.3) is 11.1 Å². The van der Waals surface area contributed by atoms with Crippen LogP contribution in [-0.2, 0) is 15.0 Å². The van der Waals surface area contributed by atoms with E-state index in [1.165, 1.54) is 4.90 Å². The fourth-order valence-electron chi connectivity index (χ4n) is 5.15. The van der Waals surface area contributed by atoms with Gasteiger partial charge < -0.3 is 10.8 Å². The first-order valence-corrected chi connectivity index (χ1v) is 12.3. The minimum atomic E-state index is -2.83.